The highest BCUT2D eigenvalue weighted by atomic mass is 35.5. The minimum absolute atomic E-state index is 0.0621. The van der Waals surface area contributed by atoms with Crippen LogP contribution in [0.15, 0.2) is 60.4 Å². The summed E-state index contributed by atoms with van der Waals surface area (Å²) < 4.78 is 8.00. The standard InChI is InChI=1S/C23H22ClN3O2S/c1-3-27-22(28)21(25(2)23(27)30)14-16-15-26(20-7-5-4-6-19(16)20)12-13-29-18-10-8-17(24)9-11-18/h4-11,14-15H,3,12-13H2,1-2H3/b21-14-. The van der Waals surface area contributed by atoms with Gasteiger partial charge < -0.3 is 14.2 Å². The number of ether oxygens (including phenoxy) is 1. The van der Waals surface area contributed by atoms with Crippen LogP contribution in [0.1, 0.15) is 12.5 Å². The fourth-order valence-electron chi connectivity index (χ4n) is 3.61. The van der Waals surface area contributed by atoms with Crippen LogP contribution >= 0.6 is 23.8 Å². The third kappa shape index (κ3) is 3.80. The van der Waals surface area contributed by atoms with Crippen molar-refractivity contribution in [2.24, 2.45) is 0 Å². The van der Waals surface area contributed by atoms with Crippen molar-refractivity contribution in [3.8, 4) is 5.75 Å². The number of para-hydroxylation sites is 1. The van der Waals surface area contributed by atoms with Gasteiger partial charge in [0.15, 0.2) is 5.11 Å². The summed E-state index contributed by atoms with van der Waals surface area (Å²) in [6.07, 6.45) is 3.98. The molecule has 1 fully saturated rings. The van der Waals surface area contributed by atoms with Crippen molar-refractivity contribution in [1.29, 1.82) is 0 Å². The normalized spacial score (nSPS) is 15.6. The van der Waals surface area contributed by atoms with Gasteiger partial charge in [-0.05, 0) is 55.5 Å². The second kappa shape index (κ2) is 8.50. The zero-order chi connectivity index (χ0) is 21.3. The third-order valence-corrected chi connectivity index (χ3v) is 5.93. The van der Waals surface area contributed by atoms with Gasteiger partial charge in [-0.25, -0.2) is 0 Å². The summed E-state index contributed by atoms with van der Waals surface area (Å²) >= 11 is 11.3. The first-order valence-corrected chi connectivity index (χ1v) is 10.6. The largest absolute Gasteiger partial charge is 0.492 e. The van der Waals surface area contributed by atoms with Gasteiger partial charge in [-0.3, -0.25) is 9.69 Å². The number of amides is 1. The average molecular weight is 440 g/mol. The van der Waals surface area contributed by atoms with Crippen LogP contribution in [0.2, 0.25) is 5.02 Å². The summed E-state index contributed by atoms with van der Waals surface area (Å²) in [5, 5.41) is 2.30. The molecule has 3 aromatic rings. The van der Waals surface area contributed by atoms with Crippen LogP contribution in [0.4, 0.5) is 0 Å². The van der Waals surface area contributed by atoms with Gasteiger partial charge in [0.25, 0.3) is 5.91 Å². The molecule has 1 saturated heterocycles. The number of thiocarbonyl (C=S) groups is 1. The lowest BCUT2D eigenvalue weighted by molar-refractivity contribution is -0.122. The maximum atomic E-state index is 12.7. The molecule has 1 amide bonds. The fourth-order valence-corrected chi connectivity index (χ4v) is 4.04. The number of fused-ring (bicyclic) bond motifs is 1. The van der Waals surface area contributed by atoms with E-state index in [1.807, 2.05) is 56.4 Å². The number of carbonyl (C=O) groups is 1. The summed E-state index contributed by atoms with van der Waals surface area (Å²) in [4.78, 5) is 16.1. The van der Waals surface area contributed by atoms with Crippen LogP contribution in [-0.4, -0.2) is 45.6 Å². The molecule has 0 atom stereocenters. The SMILES string of the molecule is CCN1C(=O)/C(=C/c2cn(CCOc3ccc(Cl)cc3)c3ccccc23)N(C)C1=S. The highest BCUT2D eigenvalue weighted by Crippen LogP contribution is 2.27. The zero-order valence-corrected chi connectivity index (χ0v) is 18.4. The maximum Gasteiger partial charge on any atom is 0.276 e. The van der Waals surface area contributed by atoms with Gasteiger partial charge in [-0.2, -0.15) is 0 Å². The van der Waals surface area contributed by atoms with E-state index in [1.54, 1.807) is 9.80 Å². The Morgan fingerprint density at radius 1 is 1.13 bits per heavy atom. The van der Waals surface area contributed by atoms with E-state index in [0.29, 0.717) is 35.5 Å². The minimum Gasteiger partial charge on any atom is -0.492 e. The molecule has 4 rings (SSSR count). The summed E-state index contributed by atoms with van der Waals surface area (Å²) in [7, 11) is 1.83. The lowest BCUT2D eigenvalue weighted by Crippen LogP contribution is -2.30. The van der Waals surface area contributed by atoms with E-state index >= 15 is 0 Å². The molecule has 1 aromatic heterocycles. The predicted octanol–water partition coefficient (Wildman–Crippen LogP) is 4.79. The molecule has 2 heterocycles. The smallest absolute Gasteiger partial charge is 0.276 e. The first kappa shape index (κ1) is 20.4. The molecule has 5 nitrogen and oxygen atoms in total. The summed E-state index contributed by atoms with van der Waals surface area (Å²) in [6.45, 7) is 3.68. The first-order valence-electron chi connectivity index (χ1n) is 9.77. The van der Waals surface area contributed by atoms with E-state index in [9.17, 15) is 4.79 Å². The predicted molar refractivity (Wildman–Crippen MR) is 125 cm³/mol. The van der Waals surface area contributed by atoms with Gasteiger partial charge in [0.05, 0.1) is 6.54 Å². The average Bonchev–Trinajstić information content (AvgIpc) is 3.20. The van der Waals surface area contributed by atoms with Crippen molar-refractivity contribution in [3.05, 3.63) is 71.0 Å². The molecular formula is C23H22ClN3O2S. The molecular weight excluding hydrogens is 418 g/mol. The first-order chi connectivity index (χ1) is 14.5. The quantitative estimate of drug-likeness (QED) is 0.408. The maximum absolute atomic E-state index is 12.7. The summed E-state index contributed by atoms with van der Waals surface area (Å²) in [6, 6.07) is 15.5. The highest BCUT2D eigenvalue weighted by molar-refractivity contribution is 7.80. The lowest BCUT2D eigenvalue weighted by atomic mass is 10.1. The van der Waals surface area contributed by atoms with Crippen LogP contribution in [-0.2, 0) is 11.3 Å². The molecule has 0 N–H and O–H groups in total. The molecule has 2 aromatic carbocycles. The fraction of sp³-hybridized carbons (Fsp3) is 0.217. The van der Waals surface area contributed by atoms with Crippen molar-refractivity contribution in [2.75, 3.05) is 20.2 Å². The Balaban J connectivity index is 1.60. The van der Waals surface area contributed by atoms with Crippen LogP contribution in [0, 0.1) is 0 Å². The van der Waals surface area contributed by atoms with Crippen LogP contribution in [0.25, 0.3) is 17.0 Å². The number of rotatable bonds is 6. The summed E-state index contributed by atoms with van der Waals surface area (Å²) in [5.74, 6) is 0.720. The number of aromatic nitrogens is 1. The van der Waals surface area contributed by atoms with Crippen molar-refractivity contribution in [1.82, 2.24) is 14.4 Å². The second-order valence-corrected chi connectivity index (χ2v) is 7.82. The second-order valence-electron chi connectivity index (χ2n) is 7.02. The molecule has 0 bridgehead atoms. The Hall–Kier alpha value is -2.83. The Bertz CT molecular complexity index is 1140. The molecule has 0 unspecified atom stereocenters. The van der Waals surface area contributed by atoms with E-state index in [4.69, 9.17) is 28.6 Å². The van der Waals surface area contributed by atoms with Gasteiger partial charge in [-0.15, -0.1) is 0 Å². The molecule has 154 valence electrons. The molecule has 7 heteroatoms. The monoisotopic (exact) mass is 439 g/mol. The molecule has 0 spiro atoms. The number of halogens is 1. The molecule has 0 saturated carbocycles. The van der Waals surface area contributed by atoms with Gasteiger partial charge in [0, 0.05) is 41.3 Å². The van der Waals surface area contributed by atoms with Gasteiger partial charge in [0.1, 0.15) is 18.1 Å². The number of benzene rings is 2. The van der Waals surface area contributed by atoms with E-state index in [1.165, 1.54) is 0 Å². The van der Waals surface area contributed by atoms with Crippen molar-refractivity contribution in [2.45, 2.75) is 13.5 Å². The van der Waals surface area contributed by atoms with Crippen LogP contribution < -0.4 is 4.74 Å². The van der Waals surface area contributed by atoms with Gasteiger partial charge in [-0.1, -0.05) is 29.8 Å². The third-order valence-electron chi connectivity index (χ3n) is 5.19. The zero-order valence-electron chi connectivity index (χ0n) is 16.8. The molecule has 1 aliphatic heterocycles. The van der Waals surface area contributed by atoms with Crippen LogP contribution in [0.5, 0.6) is 5.75 Å². The van der Waals surface area contributed by atoms with Gasteiger partial charge in [0.2, 0.25) is 0 Å². The number of nitrogens with zero attached hydrogens (tertiary/aromatic N) is 3. The van der Waals surface area contributed by atoms with E-state index in [-0.39, 0.29) is 5.91 Å². The van der Waals surface area contributed by atoms with Crippen molar-refractivity contribution >= 4 is 51.8 Å². The summed E-state index contributed by atoms with van der Waals surface area (Å²) in [5.41, 5.74) is 2.65. The minimum atomic E-state index is -0.0621. The van der Waals surface area contributed by atoms with E-state index < -0.39 is 0 Å². The molecule has 0 radical (unpaired) electrons. The van der Waals surface area contributed by atoms with E-state index in [2.05, 4.69) is 22.9 Å². The number of likely N-dealkylation sites (N-methyl/N-ethyl adjacent to an activating group) is 2. The number of carbonyl (C=O) groups excluding carboxylic acids is 1. The van der Waals surface area contributed by atoms with Crippen molar-refractivity contribution < 1.29 is 9.53 Å². The van der Waals surface area contributed by atoms with Crippen molar-refractivity contribution in [3.63, 3.8) is 0 Å². The Kier molecular flexibility index (Phi) is 5.79. The Morgan fingerprint density at radius 2 is 1.87 bits per heavy atom. The molecule has 0 aliphatic carbocycles. The Labute approximate surface area is 186 Å². The number of hydrogen-bond acceptors (Lipinski definition) is 3. The lowest BCUT2D eigenvalue weighted by Gasteiger charge is -2.13. The topological polar surface area (TPSA) is 37.7 Å². The highest BCUT2D eigenvalue weighted by Gasteiger charge is 2.34. The Morgan fingerprint density at radius 3 is 2.57 bits per heavy atom. The molecule has 30 heavy (non-hydrogen) atoms. The van der Waals surface area contributed by atoms with E-state index in [0.717, 1.165) is 22.2 Å². The van der Waals surface area contributed by atoms with Crippen LogP contribution in [0.3, 0.4) is 0 Å². The van der Waals surface area contributed by atoms with Gasteiger partial charge >= 0.3 is 0 Å². The number of hydrogen-bond donors (Lipinski definition) is 0. The molecule has 1 aliphatic rings.